The molecular formula is C48H55F2N7O10. The molecule has 0 unspecified atom stereocenters. The highest BCUT2D eigenvalue weighted by Crippen LogP contribution is 2.35. The van der Waals surface area contributed by atoms with Crippen molar-refractivity contribution >= 4 is 53.2 Å². The minimum absolute atomic E-state index is 0.0276. The van der Waals surface area contributed by atoms with E-state index in [9.17, 15) is 47.1 Å². The topological polar surface area (TPSA) is 213 Å². The quantitative estimate of drug-likeness (QED) is 0.229. The van der Waals surface area contributed by atoms with Gasteiger partial charge in [-0.2, -0.15) is 0 Å². The number of fused-ring (bicyclic) bond motifs is 3. The minimum atomic E-state index is -1.65. The Bertz CT molecular complexity index is 2370. The van der Waals surface area contributed by atoms with E-state index in [0.717, 1.165) is 17.7 Å². The van der Waals surface area contributed by atoms with Crippen LogP contribution in [0.25, 0.3) is 0 Å². The smallest absolute Gasteiger partial charge is 0.338 e. The molecule has 4 heterocycles. The zero-order chi connectivity index (χ0) is 48.0. The van der Waals surface area contributed by atoms with Crippen LogP contribution < -0.4 is 21.3 Å². The number of nitrogens with zero attached hydrogens (tertiary/aromatic N) is 3. The van der Waals surface area contributed by atoms with E-state index in [4.69, 9.17) is 9.47 Å². The number of halogens is 2. The monoisotopic (exact) mass is 927 g/mol. The number of carbonyl (C=O) groups is 8. The van der Waals surface area contributed by atoms with Crippen molar-refractivity contribution in [3.05, 3.63) is 101 Å². The lowest BCUT2D eigenvalue weighted by Gasteiger charge is -2.39. The molecule has 4 aliphatic heterocycles. The molecule has 17 nitrogen and oxygen atoms in total. The summed E-state index contributed by atoms with van der Waals surface area (Å²) >= 11 is 0. The number of hydrogen-bond donors (Lipinski definition) is 4. The van der Waals surface area contributed by atoms with Crippen LogP contribution in [0.3, 0.4) is 0 Å². The standard InChI is InChI=1S/C48H55F2N7O10/c1-28-42(60)57-27-48(2,3)24-39(57)46(64)67-26-36(43(61)56-19-9-13-38(56)44(62)55-18-8-7-12-37(55)41(59)51-28)53-40(58)35(22-30-20-32(49)23-33(50)21-30)54-47(65)52-34-16-14-31(15-17-34)45(63)66-25-29-10-5-4-6-11-29/h4-6,10-11,14-17,20-21,23,28,35-39H,7-9,12-13,18-19,22,24-27H2,1-3H3,(H,51,59)(H,53,58)(H2,52,54,65)/t28-,35-,36-,37-,38-,39-/m0/s1. The number of benzene rings is 3. The first-order valence-electron chi connectivity index (χ1n) is 22.5. The van der Waals surface area contributed by atoms with Crippen molar-refractivity contribution in [2.75, 3.05) is 31.6 Å². The van der Waals surface area contributed by atoms with Gasteiger partial charge >= 0.3 is 18.0 Å². The normalized spacial score (nSPS) is 23.8. The van der Waals surface area contributed by atoms with Crippen LogP contribution in [0.5, 0.6) is 0 Å². The van der Waals surface area contributed by atoms with Gasteiger partial charge in [0.15, 0.2) is 0 Å². The number of anilines is 1. The van der Waals surface area contributed by atoms with E-state index in [-0.39, 0.29) is 55.9 Å². The van der Waals surface area contributed by atoms with Crippen LogP contribution in [0.1, 0.15) is 80.8 Å². The third kappa shape index (κ3) is 11.7. The van der Waals surface area contributed by atoms with Crippen LogP contribution >= 0.6 is 0 Å². The fraction of sp³-hybridized carbons (Fsp3) is 0.458. The lowest BCUT2D eigenvalue weighted by atomic mass is 9.91. The molecule has 4 saturated heterocycles. The van der Waals surface area contributed by atoms with Gasteiger partial charge in [-0.05, 0) is 98.4 Å². The number of amides is 7. The van der Waals surface area contributed by atoms with Crippen LogP contribution in [0.2, 0.25) is 0 Å². The molecule has 67 heavy (non-hydrogen) atoms. The zero-order valence-corrected chi connectivity index (χ0v) is 37.6. The van der Waals surface area contributed by atoms with E-state index in [1.807, 2.05) is 32.0 Å². The van der Waals surface area contributed by atoms with Crippen LogP contribution in [0.4, 0.5) is 19.3 Å². The molecule has 7 amide bonds. The summed E-state index contributed by atoms with van der Waals surface area (Å²) in [5.41, 5.74) is 0.610. The van der Waals surface area contributed by atoms with Crippen molar-refractivity contribution in [2.24, 2.45) is 5.41 Å². The molecule has 7 rings (SSSR count). The van der Waals surface area contributed by atoms with E-state index in [0.29, 0.717) is 31.7 Å². The number of nitrogens with one attached hydrogen (secondary N) is 4. The molecular weight excluding hydrogens is 873 g/mol. The van der Waals surface area contributed by atoms with Crippen LogP contribution in [-0.2, 0) is 51.3 Å². The highest BCUT2D eigenvalue weighted by molar-refractivity contribution is 5.99. The first kappa shape index (κ1) is 48.0. The van der Waals surface area contributed by atoms with Crippen molar-refractivity contribution in [3.63, 3.8) is 0 Å². The third-order valence-electron chi connectivity index (χ3n) is 12.5. The van der Waals surface area contributed by atoms with Gasteiger partial charge in [-0.15, -0.1) is 0 Å². The van der Waals surface area contributed by atoms with E-state index in [2.05, 4.69) is 21.3 Å². The molecule has 6 atom stereocenters. The number of ether oxygens (including phenoxy) is 2. The van der Waals surface area contributed by atoms with E-state index in [1.54, 1.807) is 12.1 Å². The summed E-state index contributed by atoms with van der Waals surface area (Å²) in [6, 6.07) is 9.04. The van der Waals surface area contributed by atoms with Gasteiger partial charge in [0.1, 0.15) is 61.1 Å². The fourth-order valence-electron chi connectivity index (χ4n) is 9.18. The summed E-state index contributed by atoms with van der Waals surface area (Å²) in [5, 5.41) is 10.4. The fourth-order valence-corrected chi connectivity index (χ4v) is 9.18. The molecule has 0 saturated carbocycles. The molecule has 0 radical (unpaired) electrons. The summed E-state index contributed by atoms with van der Waals surface area (Å²) < 4.78 is 40.0. The van der Waals surface area contributed by atoms with Crippen molar-refractivity contribution in [1.82, 2.24) is 30.7 Å². The predicted molar refractivity (Wildman–Crippen MR) is 236 cm³/mol. The summed E-state index contributed by atoms with van der Waals surface area (Å²) in [5.74, 6) is -6.74. The van der Waals surface area contributed by atoms with Gasteiger partial charge in [0.2, 0.25) is 29.5 Å². The van der Waals surface area contributed by atoms with Gasteiger partial charge in [-0.1, -0.05) is 44.2 Å². The van der Waals surface area contributed by atoms with Gasteiger partial charge in [0.05, 0.1) is 5.56 Å². The SMILES string of the molecule is C[C@@H]1NC(=O)[C@@H]2CCCCN2C(=O)[C@@H]2CCCN2C(=O)[C@@H](NC(=O)[C@H](Cc2cc(F)cc(F)c2)NC(=O)Nc2ccc(C(=O)OCc3ccccc3)cc2)COC(=O)[C@@H]2CC(C)(C)CN2C1=O. The lowest BCUT2D eigenvalue weighted by molar-refractivity contribution is -0.158. The minimum Gasteiger partial charge on any atom is -0.461 e. The van der Waals surface area contributed by atoms with Crippen LogP contribution in [-0.4, -0.2) is 125 Å². The van der Waals surface area contributed by atoms with Gasteiger partial charge in [-0.25, -0.2) is 23.2 Å². The second-order valence-electron chi connectivity index (χ2n) is 18.3. The van der Waals surface area contributed by atoms with E-state index < -0.39 is 114 Å². The molecule has 4 fully saturated rings. The number of urea groups is 1. The Morgan fingerprint density at radius 1 is 0.806 bits per heavy atom. The van der Waals surface area contributed by atoms with E-state index >= 15 is 0 Å². The number of esters is 2. The first-order valence-corrected chi connectivity index (χ1v) is 22.5. The van der Waals surface area contributed by atoms with Crippen molar-refractivity contribution < 1.29 is 56.6 Å². The Labute approximate surface area is 386 Å². The lowest BCUT2D eigenvalue weighted by Crippen LogP contribution is -2.62. The first-order chi connectivity index (χ1) is 32.0. The molecule has 4 N–H and O–H groups in total. The number of carbonyl (C=O) groups excluding carboxylic acids is 8. The molecule has 356 valence electrons. The van der Waals surface area contributed by atoms with Crippen molar-refractivity contribution in [1.29, 1.82) is 0 Å². The van der Waals surface area contributed by atoms with Crippen molar-refractivity contribution in [2.45, 2.75) is 109 Å². The van der Waals surface area contributed by atoms with Crippen LogP contribution in [0, 0.1) is 17.0 Å². The molecule has 0 aliphatic carbocycles. The Kier molecular flexibility index (Phi) is 14.9. The highest BCUT2D eigenvalue weighted by atomic mass is 19.1. The molecule has 3 aromatic carbocycles. The molecule has 0 aromatic heterocycles. The number of cyclic esters (lactones) is 1. The summed E-state index contributed by atoms with van der Waals surface area (Å²) in [4.78, 5) is 115. The molecule has 3 aromatic rings. The molecule has 4 aliphatic rings. The third-order valence-corrected chi connectivity index (χ3v) is 12.5. The maximum Gasteiger partial charge on any atom is 0.338 e. The van der Waals surface area contributed by atoms with Gasteiger partial charge < -0.3 is 45.4 Å². The maximum absolute atomic E-state index is 14.7. The van der Waals surface area contributed by atoms with Gasteiger partial charge in [0.25, 0.3) is 0 Å². The Morgan fingerprint density at radius 3 is 2.19 bits per heavy atom. The number of rotatable bonds is 9. The molecule has 0 bridgehead atoms. The number of piperidine rings is 1. The molecule has 0 spiro atoms. The van der Waals surface area contributed by atoms with Gasteiger partial charge in [-0.3, -0.25) is 24.0 Å². The average molecular weight is 928 g/mol. The number of hydrogen-bond acceptors (Lipinski definition) is 10. The summed E-state index contributed by atoms with van der Waals surface area (Å²) in [6.07, 6.45) is 1.93. The highest BCUT2D eigenvalue weighted by Gasteiger charge is 2.48. The van der Waals surface area contributed by atoms with Crippen LogP contribution in [0.15, 0.2) is 72.8 Å². The van der Waals surface area contributed by atoms with Crippen molar-refractivity contribution in [3.8, 4) is 0 Å². The maximum atomic E-state index is 14.7. The van der Waals surface area contributed by atoms with E-state index in [1.165, 1.54) is 45.9 Å². The largest absolute Gasteiger partial charge is 0.461 e. The second kappa shape index (κ2) is 20.7. The summed E-state index contributed by atoms with van der Waals surface area (Å²) in [7, 11) is 0. The average Bonchev–Trinajstić information content (AvgIpc) is 3.92. The summed E-state index contributed by atoms with van der Waals surface area (Å²) in [6.45, 7) is 5.02. The molecule has 19 heteroatoms. The zero-order valence-electron chi connectivity index (χ0n) is 37.6. The van der Waals surface area contributed by atoms with Gasteiger partial charge in [0, 0.05) is 37.8 Å². The Morgan fingerprint density at radius 2 is 1.48 bits per heavy atom. The predicted octanol–water partition coefficient (Wildman–Crippen LogP) is 3.60. The Balaban J connectivity index is 1.14. The second-order valence-corrected chi connectivity index (χ2v) is 18.3. The Hall–Kier alpha value is -6.92.